The normalized spacial score (nSPS) is 11.1. The number of anilines is 2. The van der Waals surface area contributed by atoms with Gasteiger partial charge < -0.3 is 14.8 Å². The van der Waals surface area contributed by atoms with E-state index < -0.39 is 22.5 Å². The van der Waals surface area contributed by atoms with Crippen molar-refractivity contribution in [2.45, 2.75) is 0 Å². The van der Waals surface area contributed by atoms with Crippen LogP contribution >= 0.6 is 11.6 Å². The Morgan fingerprint density at radius 1 is 1.00 bits per heavy atom. The zero-order valence-corrected chi connectivity index (χ0v) is 21.6. The van der Waals surface area contributed by atoms with Crippen LogP contribution < -0.4 is 24.5 Å². The molecule has 37 heavy (non-hydrogen) atoms. The molecule has 0 spiro atoms. The summed E-state index contributed by atoms with van der Waals surface area (Å²) in [4.78, 5) is 24.5. The number of hydrogen-bond donors (Lipinski definition) is 2. The van der Waals surface area contributed by atoms with Crippen molar-refractivity contribution < 1.29 is 27.5 Å². The molecule has 0 fully saturated rings. The van der Waals surface area contributed by atoms with Crippen molar-refractivity contribution in [3.8, 4) is 11.5 Å². The predicted molar refractivity (Wildman–Crippen MR) is 143 cm³/mol. The number of rotatable bonds is 11. The topological polar surface area (TPSA) is 126 Å². The van der Waals surface area contributed by atoms with E-state index in [1.807, 2.05) is 0 Å². The van der Waals surface area contributed by atoms with Gasteiger partial charge in [-0.05, 0) is 66.2 Å². The number of nitrogens with zero attached hydrogens (tertiary/aromatic N) is 2. The van der Waals surface area contributed by atoms with Gasteiger partial charge in [0.2, 0.25) is 10.0 Å². The Hall–Kier alpha value is -4.09. The molecule has 10 nitrogen and oxygen atoms in total. The molecule has 194 valence electrons. The summed E-state index contributed by atoms with van der Waals surface area (Å²) in [5.41, 5.74) is 3.79. The number of nitrogens with one attached hydrogen (secondary N) is 2. The van der Waals surface area contributed by atoms with Crippen LogP contribution in [0.4, 0.5) is 11.4 Å². The Morgan fingerprint density at radius 2 is 1.68 bits per heavy atom. The highest BCUT2D eigenvalue weighted by atomic mass is 35.5. The first-order valence-corrected chi connectivity index (χ1v) is 13.1. The highest BCUT2D eigenvalue weighted by molar-refractivity contribution is 7.92. The minimum absolute atomic E-state index is 0.202. The van der Waals surface area contributed by atoms with Gasteiger partial charge in [0, 0.05) is 5.02 Å². The maximum atomic E-state index is 12.3. The molecule has 2 amide bonds. The summed E-state index contributed by atoms with van der Waals surface area (Å²) < 4.78 is 35.9. The van der Waals surface area contributed by atoms with Crippen LogP contribution in [0, 0.1) is 0 Å². The first-order chi connectivity index (χ1) is 17.7. The number of carbonyl (C=O) groups excluding carboxylic acids is 2. The van der Waals surface area contributed by atoms with Crippen molar-refractivity contribution in [3.63, 3.8) is 0 Å². The Labute approximate surface area is 219 Å². The fourth-order valence-corrected chi connectivity index (χ4v) is 4.07. The number of benzene rings is 3. The molecule has 0 aliphatic rings. The number of methoxy groups -OCH3 is 1. The van der Waals surface area contributed by atoms with Crippen LogP contribution in [-0.4, -0.2) is 53.0 Å². The van der Waals surface area contributed by atoms with E-state index in [2.05, 4.69) is 15.8 Å². The van der Waals surface area contributed by atoms with E-state index in [0.29, 0.717) is 33.5 Å². The number of hydrogen-bond acceptors (Lipinski definition) is 7. The van der Waals surface area contributed by atoms with Crippen molar-refractivity contribution in [1.29, 1.82) is 0 Å². The van der Waals surface area contributed by atoms with Gasteiger partial charge in [-0.3, -0.25) is 13.9 Å². The largest absolute Gasteiger partial charge is 0.495 e. The molecule has 3 rings (SSSR count). The van der Waals surface area contributed by atoms with Gasteiger partial charge in [0.1, 0.15) is 18.0 Å². The fraction of sp³-hybridized carbons (Fsp3) is 0.160. The number of sulfonamides is 1. The maximum Gasteiger partial charge on any atom is 0.262 e. The Morgan fingerprint density at radius 3 is 2.32 bits per heavy atom. The van der Waals surface area contributed by atoms with Gasteiger partial charge in [-0.15, -0.1) is 0 Å². The molecule has 0 unspecified atom stereocenters. The van der Waals surface area contributed by atoms with Crippen molar-refractivity contribution in [2.24, 2.45) is 5.10 Å². The number of para-hydroxylation sites is 2. The van der Waals surface area contributed by atoms with Gasteiger partial charge in [-0.2, -0.15) is 5.10 Å². The van der Waals surface area contributed by atoms with E-state index in [0.717, 1.165) is 10.6 Å². The second-order valence-corrected chi connectivity index (χ2v) is 9.99. The number of amides is 2. The highest BCUT2D eigenvalue weighted by Crippen LogP contribution is 2.23. The van der Waals surface area contributed by atoms with Crippen molar-refractivity contribution >= 4 is 51.0 Å². The zero-order chi connectivity index (χ0) is 26.8. The summed E-state index contributed by atoms with van der Waals surface area (Å²) in [7, 11) is -2.19. The summed E-state index contributed by atoms with van der Waals surface area (Å²) in [6, 6.07) is 19.8. The van der Waals surface area contributed by atoms with E-state index in [9.17, 15) is 18.0 Å². The molecular weight excluding hydrogens is 520 g/mol. The van der Waals surface area contributed by atoms with Crippen molar-refractivity contribution in [1.82, 2.24) is 5.43 Å². The number of ether oxygens (including phenoxy) is 2. The highest BCUT2D eigenvalue weighted by Gasteiger charge is 2.20. The average molecular weight is 545 g/mol. The monoisotopic (exact) mass is 544 g/mol. The third-order valence-corrected chi connectivity index (χ3v) is 6.23. The third kappa shape index (κ3) is 8.51. The molecule has 0 saturated heterocycles. The summed E-state index contributed by atoms with van der Waals surface area (Å²) in [6.45, 7) is -0.659. The van der Waals surface area contributed by atoms with Crippen LogP contribution in [0.15, 0.2) is 77.9 Å². The SMILES string of the molecule is COc1ccccc1NC(=O)COc1ccc(/C=N\NC(=O)CN(c2ccc(Cl)cc2)S(C)(=O)=O)cc1. The van der Waals surface area contributed by atoms with Gasteiger partial charge >= 0.3 is 0 Å². The van der Waals surface area contributed by atoms with Crippen LogP contribution in [0.5, 0.6) is 11.5 Å². The molecule has 3 aromatic rings. The minimum atomic E-state index is -3.71. The summed E-state index contributed by atoms with van der Waals surface area (Å²) in [6.07, 6.45) is 2.40. The van der Waals surface area contributed by atoms with Gasteiger partial charge in [-0.1, -0.05) is 23.7 Å². The van der Waals surface area contributed by atoms with Crippen molar-refractivity contribution in [3.05, 3.63) is 83.4 Å². The molecule has 0 atom stereocenters. The molecule has 0 aliphatic heterocycles. The minimum Gasteiger partial charge on any atom is -0.495 e. The second-order valence-electron chi connectivity index (χ2n) is 7.65. The Balaban J connectivity index is 1.50. The predicted octanol–water partition coefficient (Wildman–Crippen LogP) is 3.28. The van der Waals surface area contributed by atoms with Gasteiger partial charge in [0.25, 0.3) is 11.8 Å². The molecule has 0 bridgehead atoms. The van der Waals surface area contributed by atoms with Gasteiger partial charge in [0.05, 0.1) is 31.0 Å². The maximum absolute atomic E-state index is 12.3. The lowest BCUT2D eigenvalue weighted by atomic mass is 10.2. The summed E-state index contributed by atoms with van der Waals surface area (Å²) >= 11 is 5.85. The quantitative estimate of drug-likeness (QED) is 0.282. The van der Waals surface area contributed by atoms with Crippen molar-refractivity contribution in [2.75, 3.05) is 36.1 Å². The van der Waals surface area contributed by atoms with Crippen LogP contribution in [0.1, 0.15) is 5.56 Å². The average Bonchev–Trinajstić information content (AvgIpc) is 2.87. The molecule has 2 N–H and O–H groups in total. The van der Waals surface area contributed by atoms with Crippen LogP contribution in [0.25, 0.3) is 0 Å². The lowest BCUT2D eigenvalue weighted by Crippen LogP contribution is -2.38. The smallest absolute Gasteiger partial charge is 0.262 e. The van der Waals surface area contributed by atoms with E-state index in [1.165, 1.54) is 37.6 Å². The van der Waals surface area contributed by atoms with E-state index in [1.54, 1.807) is 48.5 Å². The van der Waals surface area contributed by atoms with Crippen LogP contribution in [-0.2, 0) is 19.6 Å². The Kier molecular flexibility index (Phi) is 9.47. The van der Waals surface area contributed by atoms with Gasteiger partial charge in [-0.25, -0.2) is 13.8 Å². The van der Waals surface area contributed by atoms with E-state index in [4.69, 9.17) is 21.1 Å². The molecule has 0 radical (unpaired) electrons. The van der Waals surface area contributed by atoms with E-state index in [-0.39, 0.29) is 12.5 Å². The lowest BCUT2D eigenvalue weighted by molar-refractivity contribution is -0.119. The van der Waals surface area contributed by atoms with Crippen LogP contribution in [0.3, 0.4) is 0 Å². The Bertz CT molecular complexity index is 1360. The zero-order valence-electron chi connectivity index (χ0n) is 20.0. The molecule has 0 aromatic heterocycles. The number of hydrazone groups is 1. The first kappa shape index (κ1) is 27.5. The lowest BCUT2D eigenvalue weighted by Gasteiger charge is -2.21. The van der Waals surface area contributed by atoms with Crippen LogP contribution in [0.2, 0.25) is 5.02 Å². The molecule has 3 aromatic carbocycles. The number of halogens is 1. The summed E-state index contributed by atoms with van der Waals surface area (Å²) in [5, 5.41) is 7.03. The molecule has 0 saturated carbocycles. The van der Waals surface area contributed by atoms with E-state index >= 15 is 0 Å². The first-order valence-electron chi connectivity index (χ1n) is 10.9. The molecular formula is C25H25ClN4O6S. The summed E-state index contributed by atoms with van der Waals surface area (Å²) in [5.74, 6) is 0.0286. The fourth-order valence-electron chi connectivity index (χ4n) is 3.09. The van der Waals surface area contributed by atoms with Gasteiger partial charge in [0.15, 0.2) is 6.61 Å². The molecule has 0 heterocycles. The molecule has 0 aliphatic carbocycles. The second kappa shape index (κ2) is 12.7. The standard InChI is InChI=1S/C25H25ClN4O6S/c1-35-23-6-4-3-5-22(23)28-25(32)17-36-21-13-7-18(8-14-21)15-27-29-24(31)16-30(37(2,33)34)20-11-9-19(26)10-12-20/h3-15H,16-17H2,1-2H3,(H,28,32)(H,29,31)/b27-15-. The third-order valence-electron chi connectivity index (χ3n) is 4.84. The number of carbonyl (C=O) groups is 2. The molecule has 12 heteroatoms.